The number of carbonyl (C=O) groups is 1. The standard InChI is InChI=1S/C23H16FN5O5S/c1-33-17-11-12-18(19(24)13-17)20(30)22(27-25-15-7-9-16(10-8-15)29(31)32)35-23-28-26-21(34-23)14-5-3-2-4-6-14/h2-13,25H,1H3/b27-22+. The van der Waals surface area contributed by atoms with Gasteiger partial charge in [0.25, 0.3) is 10.9 Å². The number of thioether (sulfide) groups is 1. The fourth-order valence-electron chi connectivity index (χ4n) is 2.85. The zero-order valence-electron chi connectivity index (χ0n) is 18.0. The van der Waals surface area contributed by atoms with Crippen molar-refractivity contribution in [3.63, 3.8) is 0 Å². The summed E-state index contributed by atoms with van der Waals surface area (Å²) in [6.07, 6.45) is 0. The van der Waals surface area contributed by atoms with Gasteiger partial charge in [0.05, 0.1) is 23.3 Å². The molecule has 4 rings (SSSR count). The third kappa shape index (κ3) is 5.68. The number of nitrogens with zero attached hydrogens (tertiary/aromatic N) is 4. The lowest BCUT2D eigenvalue weighted by molar-refractivity contribution is -0.384. The average molecular weight is 493 g/mol. The van der Waals surface area contributed by atoms with E-state index < -0.39 is 16.5 Å². The molecule has 0 amide bonds. The summed E-state index contributed by atoms with van der Waals surface area (Å²) >= 11 is 0.745. The van der Waals surface area contributed by atoms with Crippen LogP contribution in [0.3, 0.4) is 0 Å². The van der Waals surface area contributed by atoms with Crippen LogP contribution in [0, 0.1) is 15.9 Å². The van der Waals surface area contributed by atoms with Gasteiger partial charge in [-0.25, -0.2) is 4.39 Å². The lowest BCUT2D eigenvalue weighted by atomic mass is 10.1. The number of non-ortho nitro benzene ring substituents is 1. The first kappa shape index (κ1) is 23.6. The minimum absolute atomic E-state index is 0.00960. The molecule has 35 heavy (non-hydrogen) atoms. The highest BCUT2D eigenvalue weighted by molar-refractivity contribution is 8.15. The lowest BCUT2D eigenvalue weighted by Crippen LogP contribution is -2.15. The van der Waals surface area contributed by atoms with Crippen molar-refractivity contribution in [2.75, 3.05) is 12.5 Å². The van der Waals surface area contributed by atoms with Crippen LogP contribution in [0.25, 0.3) is 11.5 Å². The monoisotopic (exact) mass is 493 g/mol. The van der Waals surface area contributed by atoms with Crippen LogP contribution in [-0.2, 0) is 0 Å². The first-order chi connectivity index (χ1) is 16.9. The van der Waals surface area contributed by atoms with Crippen molar-refractivity contribution in [3.05, 3.63) is 94.3 Å². The first-order valence-corrected chi connectivity index (χ1v) is 10.8. The van der Waals surface area contributed by atoms with Crippen LogP contribution in [0.4, 0.5) is 15.8 Å². The Morgan fingerprint density at radius 2 is 1.86 bits per heavy atom. The van der Waals surface area contributed by atoms with Crippen LogP contribution >= 0.6 is 11.8 Å². The molecule has 0 aliphatic rings. The van der Waals surface area contributed by atoms with Gasteiger partial charge in [0.2, 0.25) is 11.7 Å². The van der Waals surface area contributed by atoms with Crippen molar-refractivity contribution >= 4 is 34.0 Å². The molecule has 176 valence electrons. The number of nitro benzene ring substituents is 1. The predicted octanol–water partition coefficient (Wildman–Crippen LogP) is 5.19. The summed E-state index contributed by atoms with van der Waals surface area (Å²) in [6.45, 7) is 0. The number of Topliss-reactive ketones (excluding diaryl/α,β-unsaturated/α-hetero) is 1. The van der Waals surface area contributed by atoms with Crippen LogP contribution in [0.5, 0.6) is 5.75 Å². The van der Waals surface area contributed by atoms with E-state index in [2.05, 4.69) is 20.7 Å². The highest BCUT2D eigenvalue weighted by Crippen LogP contribution is 2.27. The van der Waals surface area contributed by atoms with Crippen molar-refractivity contribution < 1.29 is 23.3 Å². The summed E-state index contributed by atoms with van der Waals surface area (Å²) in [5.41, 5.74) is 3.35. The van der Waals surface area contributed by atoms with Gasteiger partial charge < -0.3 is 9.15 Å². The molecule has 0 saturated heterocycles. The number of ether oxygens (including phenoxy) is 1. The van der Waals surface area contributed by atoms with Gasteiger partial charge in [0.15, 0.2) is 5.04 Å². The smallest absolute Gasteiger partial charge is 0.283 e. The summed E-state index contributed by atoms with van der Waals surface area (Å²) in [5.74, 6) is -1.06. The van der Waals surface area contributed by atoms with Crippen LogP contribution < -0.4 is 10.2 Å². The molecule has 0 bridgehead atoms. The van der Waals surface area contributed by atoms with Gasteiger partial charge >= 0.3 is 0 Å². The highest BCUT2D eigenvalue weighted by Gasteiger charge is 2.23. The molecule has 1 heterocycles. The highest BCUT2D eigenvalue weighted by atomic mass is 32.2. The quantitative estimate of drug-likeness (QED) is 0.0878. The van der Waals surface area contributed by atoms with E-state index in [9.17, 15) is 19.3 Å². The van der Waals surface area contributed by atoms with Crippen LogP contribution in [0.15, 0.2) is 87.5 Å². The molecule has 0 aliphatic carbocycles. The zero-order valence-corrected chi connectivity index (χ0v) is 18.9. The molecular weight excluding hydrogens is 477 g/mol. The summed E-state index contributed by atoms with van der Waals surface area (Å²) < 4.78 is 25.2. The van der Waals surface area contributed by atoms with E-state index in [0.717, 1.165) is 17.8 Å². The van der Waals surface area contributed by atoms with Gasteiger partial charge in [0, 0.05) is 23.8 Å². The number of nitrogens with one attached hydrogen (secondary N) is 1. The third-order valence-electron chi connectivity index (χ3n) is 4.59. The van der Waals surface area contributed by atoms with E-state index in [4.69, 9.17) is 9.15 Å². The van der Waals surface area contributed by atoms with Crippen molar-refractivity contribution in [2.24, 2.45) is 5.10 Å². The van der Waals surface area contributed by atoms with Gasteiger partial charge in [-0.1, -0.05) is 18.2 Å². The van der Waals surface area contributed by atoms with E-state index >= 15 is 0 Å². The summed E-state index contributed by atoms with van der Waals surface area (Å²) in [5, 5.41) is 22.7. The second kappa shape index (κ2) is 10.6. The third-order valence-corrected chi connectivity index (χ3v) is 5.40. The summed E-state index contributed by atoms with van der Waals surface area (Å²) in [7, 11) is 1.38. The molecule has 0 radical (unpaired) electrons. The molecule has 10 nitrogen and oxygen atoms in total. The number of rotatable bonds is 8. The van der Waals surface area contributed by atoms with Crippen molar-refractivity contribution in [3.8, 4) is 17.2 Å². The number of hydrogen-bond donors (Lipinski definition) is 1. The molecule has 4 aromatic rings. The molecule has 1 N–H and O–H groups in total. The van der Waals surface area contributed by atoms with Crippen LogP contribution in [0.2, 0.25) is 0 Å². The number of hydrogen-bond acceptors (Lipinski definition) is 10. The Balaban J connectivity index is 1.63. The fourth-order valence-corrected chi connectivity index (χ4v) is 3.51. The Hall–Kier alpha value is -4.58. The number of benzene rings is 3. The fraction of sp³-hybridized carbons (Fsp3) is 0.0435. The molecule has 12 heteroatoms. The van der Waals surface area contributed by atoms with E-state index in [1.165, 1.54) is 43.5 Å². The number of halogens is 1. The second-order valence-electron chi connectivity index (χ2n) is 6.85. The Morgan fingerprint density at radius 1 is 1.11 bits per heavy atom. The number of anilines is 1. The molecule has 0 saturated carbocycles. The Kier molecular flexibility index (Phi) is 7.12. The van der Waals surface area contributed by atoms with Crippen molar-refractivity contribution in [1.82, 2.24) is 10.2 Å². The second-order valence-corrected chi connectivity index (χ2v) is 7.79. The molecule has 0 unspecified atom stereocenters. The van der Waals surface area contributed by atoms with E-state index in [-0.39, 0.29) is 33.2 Å². The number of nitro groups is 1. The largest absolute Gasteiger partial charge is 0.497 e. The molecule has 0 aliphatic heterocycles. The average Bonchev–Trinajstić information content (AvgIpc) is 3.35. The van der Waals surface area contributed by atoms with E-state index in [1.807, 2.05) is 18.2 Å². The summed E-state index contributed by atoms with van der Waals surface area (Å²) in [6, 6.07) is 18.2. The maximum Gasteiger partial charge on any atom is 0.283 e. The van der Waals surface area contributed by atoms with E-state index in [0.29, 0.717) is 11.3 Å². The minimum atomic E-state index is -0.798. The van der Waals surface area contributed by atoms with Crippen molar-refractivity contribution in [1.29, 1.82) is 0 Å². The Labute approximate surface area is 202 Å². The topological polar surface area (TPSA) is 133 Å². The molecule has 0 fully saturated rings. The van der Waals surface area contributed by atoms with Gasteiger partial charge in [-0.2, -0.15) is 5.10 Å². The van der Waals surface area contributed by atoms with Gasteiger partial charge in [-0.15, -0.1) is 10.2 Å². The van der Waals surface area contributed by atoms with E-state index in [1.54, 1.807) is 12.1 Å². The number of aromatic nitrogens is 2. The van der Waals surface area contributed by atoms with Gasteiger partial charge in [0.1, 0.15) is 11.6 Å². The Bertz CT molecular complexity index is 1390. The number of hydrazone groups is 1. The number of ketones is 1. The van der Waals surface area contributed by atoms with Gasteiger partial charge in [-0.3, -0.25) is 20.3 Å². The molecule has 1 aromatic heterocycles. The van der Waals surface area contributed by atoms with Crippen LogP contribution in [-0.4, -0.2) is 33.1 Å². The first-order valence-electron chi connectivity index (χ1n) is 9.98. The maximum atomic E-state index is 14.6. The normalized spacial score (nSPS) is 11.2. The maximum absolute atomic E-state index is 14.6. The lowest BCUT2D eigenvalue weighted by Gasteiger charge is -2.07. The van der Waals surface area contributed by atoms with Gasteiger partial charge in [-0.05, 0) is 48.2 Å². The van der Waals surface area contributed by atoms with Crippen LogP contribution in [0.1, 0.15) is 10.4 Å². The number of carbonyl (C=O) groups excluding carboxylic acids is 1. The Morgan fingerprint density at radius 3 is 2.51 bits per heavy atom. The SMILES string of the molecule is COc1ccc(C(=O)/C(=N\Nc2ccc([N+](=O)[O-])cc2)Sc2nnc(-c3ccccc3)o2)c(F)c1. The van der Waals surface area contributed by atoms with Crippen molar-refractivity contribution in [2.45, 2.75) is 5.22 Å². The molecule has 3 aromatic carbocycles. The molecular formula is C23H16FN5O5S. The zero-order chi connectivity index (χ0) is 24.8. The molecule has 0 spiro atoms. The summed E-state index contributed by atoms with van der Waals surface area (Å²) in [4.78, 5) is 23.5. The minimum Gasteiger partial charge on any atom is -0.497 e. The predicted molar refractivity (Wildman–Crippen MR) is 127 cm³/mol. The molecule has 0 atom stereocenters. The number of methoxy groups -OCH3 is 1.